The van der Waals surface area contributed by atoms with Crippen molar-refractivity contribution in [2.75, 3.05) is 0 Å². The monoisotopic (exact) mass is 201 g/mol. The fourth-order valence-electron chi connectivity index (χ4n) is 2.44. The lowest BCUT2D eigenvalue weighted by Gasteiger charge is -2.08. The summed E-state index contributed by atoms with van der Waals surface area (Å²) >= 11 is 0. The van der Waals surface area contributed by atoms with E-state index in [1.54, 1.807) is 12.4 Å². The van der Waals surface area contributed by atoms with Gasteiger partial charge < -0.3 is 0 Å². The average molecular weight is 201 g/mol. The number of fused-ring (bicyclic) bond motifs is 1. The first kappa shape index (κ1) is 8.77. The van der Waals surface area contributed by atoms with Crippen molar-refractivity contribution in [3.05, 3.63) is 30.1 Å². The molecule has 0 amide bonds. The summed E-state index contributed by atoms with van der Waals surface area (Å²) in [6.45, 7) is 0. The number of hydrogen-bond acceptors (Lipinski definition) is 3. The number of ketones is 2. The van der Waals surface area contributed by atoms with Gasteiger partial charge in [0.05, 0.1) is 5.92 Å². The molecule has 0 bridgehead atoms. The minimum atomic E-state index is -0.377. The van der Waals surface area contributed by atoms with E-state index in [2.05, 4.69) is 4.98 Å². The summed E-state index contributed by atoms with van der Waals surface area (Å²) in [4.78, 5) is 27.4. The van der Waals surface area contributed by atoms with Crippen molar-refractivity contribution in [2.45, 2.75) is 12.8 Å². The second kappa shape index (κ2) is 2.99. The number of hydrogen-bond donors (Lipinski definition) is 0. The van der Waals surface area contributed by atoms with Crippen LogP contribution in [0.4, 0.5) is 0 Å². The lowest BCUT2D eigenvalue weighted by Crippen LogP contribution is -2.21. The van der Waals surface area contributed by atoms with Crippen LogP contribution in [0.2, 0.25) is 0 Å². The zero-order valence-corrected chi connectivity index (χ0v) is 8.22. The fourth-order valence-corrected chi connectivity index (χ4v) is 2.44. The van der Waals surface area contributed by atoms with Gasteiger partial charge in [0, 0.05) is 24.2 Å². The van der Waals surface area contributed by atoms with Crippen LogP contribution in [0.15, 0.2) is 24.5 Å². The highest BCUT2D eigenvalue weighted by molar-refractivity contribution is 6.14. The smallest absolute Gasteiger partial charge is 0.147 e. The van der Waals surface area contributed by atoms with Crippen molar-refractivity contribution in [2.24, 2.45) is 17.8 Å². The van der Waals surface area contributed by atoms with Gasteiger partial charge in [0.1, 0.15) is 11.6 Å². The van der Waals surface area contributed by atoms with Gasteiger partial charge >= 0.3 is 0 Å². The molecule has 1 aromatic rings. The van der Waals surface area contributed by atoms with Crippen LogP contribution in [-0.2, 0) is 16.0 Å². The maximum Gasteiger partial charge on any atom is 0.147 e. The van der Waals surface area contributed by atoms with Gasteiger partial charge in [-0.25, -0.2) is 0 Å². The molecule has 1 heterocycles. The van der Waals surface area contributed by atoms with Crippen molar-refractivity contribution in [3.63, 3.8) is 0 Å². The summed E-state index contributed by atoms with van der Waals surface area (Å²) in [5, 5.41) is 0. The number of pyridine rings is 1. The minimum absolute atomic E-state index is 0.0687. The summed E-state index contributed by atoms with van der Waals surface area (Å²) in [5.41, 5.74) is 0.977. The molecule has 2 unspecified atom stereocenters. The maximum atomic E-state index is 11.7. The van der Waals surface area contributed by atoms with Crippen molar-refractivity contribution >= 4 is 11.6 Å². The van der Waals surface area contributed by atoms with Gasteiger partial charge in [-0.05, 0) is 24.5 Å². The zero-order chi connectivity index (χ0) is 10.4. The van der Waals surface area contributed by atoms with Crippen molar-refractivity contribution < 1.29 is 9.59 Å². The third-order valence-electron chi connectivity index (χ3n) is 3.37. The first-order valence-corrected chi connectivity index (χ1v) is 5.23. The second-order valence-corrected chi connectivity index (χ2v) is 4.37. The highest BCUT2D eigenvalue weighted by Gasteiger charge is 2.59. The van der Waals surface area contributed by atoms with E-state index in [1.165, 1.54) is 0 Å². The van der Waals surface area contributed by atoms with Gasteiger partial charge in [0.25, 0.3) is 0 Å². The molecule has 1 aromatic heterocycles. The Bertz CT molecular complexity index is 407. The van der Waals surface area contributed by atoms with E-state index in [0.717, 1.165) is 12.0 Å². The summed E-state index contributed by atoms with van der Waals surface area (Å²) < 4.78 is 0. The molecular weight excluding hydrogens is 190 g/mol. The Morgan fingerprint density at radius 2 is 2.00 bits per heavy atom. The molecule has 76 valence electrons. The van der Waals surface area contributed by atoms with E-state index in [-0.39, 0.29) is 29.3 Å². The molecule has 0 saturated heterocycles. The summed E-state index contributed by atoms with van der Waals surface area (Å²) in [6.07, 6.45) is 4.77. The Labute approximate surface area is 87.5 Å². The number of carbonyl (C=O) groups is 2. The van der Waals surface area contributed by atoms with Crippen LogP contribution in [0.25, 0.3) is 0 Å². The summed E-state index contributed by atoms with van der Waals surface area (Å²) in [5.74, 6) is 0.0824. The largest absolute Gasteiger partial charge is 0.299 e. The highest BCUT2D eigenvalue weighted by atomic mass is 16.2. The molecule has 3 rings (SSSR count). The SMILES string of the molecule is O=C1C(Cc2cccnc2)C(=O)C2CC12. The number of Topliss-reactive ketones (excluding diaryl/α,β-unsaturated/α-hetero) is 2. The van der Waals surface area contributed by atoms with Crippen LogP contribution in [-0.4, -0.2) is 16.6 Å². The molecule has 2 fully saturated rings. The molecule has 0 N–H and O–H groups in total. The third kappa shape index (κ3) is 1.30. The quantitative estimate of drug-likeness (QED) is 0.671. The Balaban J connectivity index is 1.79. The molecule has 0 radical (unpaired) electrons. The lowest BCUT2D eigenvalue weighted by atomic mass is 9.94. The first-order valence-electron chi connectivity index (χ1n) is 5.23. The zero-order valence-electron chi connectivity index (χ0n) is 8.22. The van der Waals surface area contributed by atoms with Crippen LogP contribution in [0.3, 0.4) is 0 Å². The normalized spacial score (nSPS) is 32.9. The molecule has 3 heteroatoms. The molecular formula is C12H11NO2. The molecule has 0 aromatic carbocycles. The second-order valence-electron chi connectivity index (χ2n) is 4.37. The van der Waals surface area contributed by atoms with Gasteiger partial charge in [-0.2, -0.15) is 0 Å². The number of aromatic nitrogens is 1. The Morgan fingerprint density at radius 3 is 2.60 bits per heavy atom. The van der Waals surface area contributed by atoms with Crippen molar-refractivity contribution in [1.82, 2.24) is 4.98 Å². The van der Waals surface area contributed by atoms with Crippen LogP contribution in [0.1, 0.15) is 12.0 Å². The fraction of sp³-hybridized carbons (Fsp3) is 0.417. The van der Waals surface area contributed by atoms with E-state index in [1.807, 2.05) is 12.1 Å². The number of rotatable bonds is 2. The average Bonchev–Trinajstić information content (AvgIpc) is 3.01. The Hall–Kier alpha value is -1.51. The van der Waals surface area contributed by atoms with E-state index in [4.69, 9.17) is 0 Å². The third-order valence-corrected chi connectivity index (χ3v) is 3.37. The van der Waals surface area contributed by atoms with E-state index >= 15 is 0 Å². The minimum Gasteiger partial charge on any atom is -0.299 e. The van der Waals surface area contributed by atoms with Gasteiger partial charge in [-0.1, -0.05) is 6.07 Å². The predicted molar refractivity (Wildman–Crippen MR) is 53.0 cm³/mol. The molecule has 2 saturated carbocycles. The Kier molecular flexibility index (Phi) is 1.75. The summed E-state index contributed by atoms with van der Waals surface area (Å²) in [6, 6.07) is 3.75. The summed E-state index contributed by atoms with van der Waals surface area (Å²) in [7, 11) is 0. The van der Waals surface area contributed by atoms with Crippen LogP contribution in [0, 0.1) is 17.8 Å². The number of nitrogens with zero attached hydrogens (tertiary/aromatic N) is 1. The van der Waals surface area contributed by atoms with E-state index in [9.17, 15) is 9.59 Å². The Morgan fingerprint density at radius 1 is 1.27 bits per heavy atom. The van der Waals surface area contributed by atoms with Gasteiger partial charge in [-0.3, -0.25) is 14.6 Å². The molecule has 2 aliphatic rings. The van der Waals surface area contributed by atoms with Gasteiger partial charge in [0.15, 0.2) is 0 Å². The van der Waals surface area contributed by atoms with Gasteiger partial charge in [-0.15, -0.1) is 0 Å². The molecule has 0 aliphatic heterocycles. The van der Waals surface area contributed by atoms with Crippen LogP contribution < -0.4 is 0 Å². The van der Waals surface area contributed by atoms with Crippen molar-refractivity contribution in [1.29, 1.82) is 0 Å². The molecule has 2 aliphatic carbocycles. The highest BCUT2D eigenvalue weighted by Crippen LogP contribution is 2.50. The number of carbonyl (C=O) groups excluding carboxylic acids is 2. The molecule has 15 heavy (non-hydrogen) atoms. The van der Waals surface area contributed by atoms with Gasteiger partial charge in [0.2, 0.25) is 0 Å². The van der Waals surface area contributed by atoms with Crippen LogP contribution >= 0.6 is 0 Å². The maximum absolute atomic E-state index is 11.7. The topological polar surface area (TPSA) is 47.0 Å². The molecule has 2 atom stereocenters. The first-order chi connectivity index (χ1) is 7.27. The van der Waals surface area contributed by atoms with E-state index in [0.29, 0.717) is 6.42 Å². The standard InChI is InChI=1S/C12H11NO2/c14-11-8-5-9(8)12(15)10(11)4-7-2-1-3-13-6-7/h1-3,6,8-10H,4-5H2. The predicted octanol–water partition coefficient (Wildman–Crippen LogP) is 1.03. The molecule has 3 nitrogen and oxygen atoms in total. The van der Waals surface area contributed by atoms with Crippen molar-refractivity contribution in [3.8, 4) is 0 Å². The van der Waals surface area contributed by atoms with Crippen LogP contribution in [0.5, 0.6) is 0 Å². The molecule has 0 spiro atoms. The van der Waals surface area contributed by atoms with E-state index < -0.39 is 0 Å². The lowest BCUT2D eigenvalue weighted by molar-refractivity contribution is -0.129.